The zero-order chi connectivity index (χ0) is 19.8. The number of para-hydroxylation sites is 3. The Morgan fingerprint density at radius 1 is 0.862 bits per heavy atom. The third kappa shape index (κ3) is 3.50. The van der Waals surface area contributed by atoms with Crippen LogP contribution in [0.3, 0.4) is 0 Å². The van der Waals surface area contributed by atoms with E-state index in [1.165, 1.54) is 36.8 Å². The third-order valence-corrected chi connectivity index (χ3v) is 6.55. The van der Waals surface area contributed by atoms with Gasteiger partial charge in [-0.25, -0.2) is 4.98 Å². The summed E-state index contributed by atoms with van der Waals surface area (Å²) in [5.74, 6) is 1.71. The lowest BCUT2D eigenvalue weighted by molar-refractivity contribution is 0.364. The maximum atomic E-state index is 4.98. The van der Waals surface area contributed by atoms with Crippen LogP contribution in [0.15, 0.2) is 78.9 Å². The van der Waals surface area contributed by atoms with E-state index in [0.29, 0.717) is 11.2 Å². The van der Waals surface area contributed by atoms with Crippen molar-refractivity contribution in [1.29, 1.82) is 0 Å². The molecule has 0 unspecified atom stereocenters. The highest BCUT2D eigenvalue weighted by molar-refractivity contribution is 6.14. The van der Waals surface area contributed by atoms with Gasteiger partial charge in [-0.1, -0.05) is 79.7 Å². The maximum absolute atomic E-state index is 4.98. The SMILES string of the molecule is BC1(C)CCC(c2ccc(-c3nc4ccccc4n3-c3ccccc3)cc2)CC1. The van der Waals surface area contributed by atoms with Crippen LogP contribution in [0.25, 0.3) is 28.1 Å². The van der Waals surface area contributed by atoms with Crippen LogP contribution in [0.4, 0.5) is 0 Å². The van der Waals surface area contributed by atoms with Crippen LogP contribution in [0.5, 0.6) is 0 Å². The molecule has 3 heteroatoms. The molecule has 0 aliphatic heterocycles. The van der Waals surface area contributed by atoms with Crippen LogP contribution in [-0.2, 0) is 0 Å². The highest BCUT2D eigenvalue weighted by Gasteiger charge is 2.27. The first-order valence-corrected chi connectivity index (χ1v) is 10.7. The molecule has 0 amide bonds. The number of fused-ring (bicyclic) bond motifs is 1. The van der Waals surface area contributed by atoms with Crippen LogP contribution in [0.1, 0.15) is 44.1 Å². The van der Waals surface area contributed by atoms with Crippen LogP contribution in [0.2, 0.25) is 5.31 Å². The summed E-state index contributed by atoms with van der Waals surface area (Å²) in [5.41, 5.74) is 5.98. The average Bonchev–Trinajstić information content (AvgIpc) is 3.14. The predicted molar refractivity (Wildman–Crippen MR) is 125 cm³/mol. The molecule has 1 heterocycles. The molecular formula is C26H27BN2. The highest BCUT2D eigenvalue weighted by Crippen LogP contribution is 2.45. The van der Waals surface area contributed by atoms with E-state index < -0.39 is 0 Å². The van der Waals surface area contributed by atoms with Gasteiger partial charge >= 0.3 is 0 Å². The van der Waals surface area contributed by atoms with Crippen molar-refractivity contribution in [3.8, 4) is 17.1 Å². The van der Waals surface area contributed by atoms with Gasteiger partial charge in [-0.15, -0.1) is 0 Å². The van der Waals surface area contributed by atoms with Gasteiger partial charge in [0.05, 0.1) is 11.0 Å². The van der Waals surface area contributed by atoms with Crippen LogP contribution in [0, 0.1) is 0 Å². The fourth-order valence-corrected chi connectivity index (χ4v) is 4.70. The minimum absolute atomic E-state index is 0.511. The number of nitrogens with zero attached hydrogens (tertiary/aromatic N) is 2. The third-order valence-electron chi connectivity index (χ3n) is 6.55. The molecule has 29 heavy (non-hydrogen) atoms. The van der Waals surface area contributed by atoms with Gasteiger partial charge < -0.3 is 0 Å². The zero-order valence-corrected chi connectivity index (χ0v) is 17.3. The summed E-state index contributed by atoms with van der Waals surface area (Å²) in [4.78, 5) is 4.98. The number of hydrogen-bond acceptors (Lipinski definition) is 1. The molecule has 0 bridgehead atoms. The van der Waals surface area contributed by atoms with Gasteiger partial charge in [0.1, 0.15) is 13.7 Å². The van der Waals surface area contributed by atoms with E-state index in [9.17, 15) is 0 Å². The number of hydrogen-bond donors (Lipinski definition) is 0. The fourth-order valence-electron chi connectivity index (χ4n) is 4.70. The van der Waals surface area contributed by atoms with Crippen molar-refractivity contribution < 1.29 is 0 Å². The molecule has 0 N–H and O–H groups in total. The van der Waals surface area contributed by atoms with E-state index in [0.717, 1.165) is 22.5 Å². The normalized spacial score (nSPS) is 22.0. The van der Waals surface area contributed by atoms with Crippen molar-refractivity contribution in [2.24, 2.45) is 0 Å². The van der Waals surface area contributed by atoms with Crippen LogP contribution >= 0.6 is 0 Å². The molecule has 4 aromatic rings. The van der Waals surface area contributed by atoms with E-state index in [-0.39, 0.29) is 0 Å². The molecule has 144 valence electrons. The molecule has 0 spiro atoms. The smallest absolute Gasteiger partial charge is 0.145 e. The Bertz CT molecular complexity index is 1120. The van der Waals surface area contributed by atoms with Crippen LogP contribution < -0.4 is 0 Å². The van der Waals surface area contributed by atoms with Gasteiger partial charge in [0.15, 0.2) is 0 Å². The molecule has 1 fully saturated rings. The minimum atomic E-state index is 0.511. The molecular weight excluding hydrogens is 351 g/mol. The summed E-state index contributed by atoms with van der Waals surface area (Å²) in [6, 6.07) is 28.1. The molecule has 0 radical (unpaired) electrons. The Hall–Kier alpha value is -2.81. The summed E-state index contributed by atoms with van der Waals surface area (Å²) in [7, 11) is 2.40. The van der Waals surface area contributed by atoms with E-state index in [4.69, 9.17) is 4.98 Å². The molecule has 1 aliphatic rings. The summed E-state index contributed by atoms with van der Waals surface area (Å²) >= 11 is 0. The Balaban J connectivity index is 1.53. The summed E-state index contributed by atoms with van der Waals surface area (Å²) in [6.45, 7) is 2.40. The van der Waals surface area contributed by atoms with Gasteiger partial charge in [0.2, 0.25) is 0 Å². The second-order valence-electron chi connectivity index (χ2n) is 9.16. The lowest BCUT2D eigenvalue weighted by Crippen LogP contribution is -2.17. The first-order valence-electron chi connectivity index (χ1n) is 10.7. The molecule has 1 saturated carbocycles. The van der Waals surface area contributed by atoms with Crippen molar-refractivity contribution in [2.45, 2.75) is 43.8 Å². The van der Waals surface area contributed by atoms with Gasteiger partial charge in [-0.3, -0.25) is 4.57 Å². The van der Waals surface area contributed by atoms with Crippen molar-refractivity contribution in [2.75, 3.05) is 0 Å². The van der Waals surface area contributed by atoms with E-state index >= 15 is 0 Å². The lowest BCUT2D eigenvalue weighted by Gasteiger charge is -2.34. The van der Waals surface area contributed by atoms with E-state index in [1.54, 1.807) is 0 Å². The Morgan fingerprint density at radius 3 is 2.24 bits per heavy atom. The molecule has 2 nitrogen and oxygen atoms in total. The Kier molecular flexibility index (Phi) is 4.54. The quantitative estimate of drug-likeness (QED) is 0.390. The first-order chi connectivity index (χ1) is 14.1. The molecule has 0 atom stereocenters. The van der Waals surface area contributed by atoms with Gasteiger partial charge in [-0.05, 0) is 48.6 Å². The van der Waals surface area contributed by atoms with Crippen molar-refractivity contribution in [3.05, 3.63) is 84.4 Å². The standard InChI is InChI=1S/C26H27BN2/c1-26(27)17-15-20(16-18-26)19-11-13-21(14-12-19)25-28-23-9-5-6-10-24(23)29(25)22-7-3-2-4-8-22/h2-14,20H,15-18,27H2,1H3. The summed E-state index contributed by atoms with van der Waals surface area (Å²) in [6.07, 6.45) is 5.25. The van der Waals surface area contributed by atoms with Gasteiger partial charge in [0.25, 0.3) is 0 Å². The van der Waals surface area contributed by atoms with Gasteiger partial charge in [0, 0.05) is 11.3 Å². The zero-order valence-electron chi connectivity index (χ0n) is 17.3. The summed E-state index contributed by atoms with van der Waals surface area (Å²) in [5, 5.41) is 0.511. The number of imidazole rings is 1. The molecule has 1 aromatic heterocycles. The van der Waals surface area contributed by atoms with Crippen molar-refractivity contribution in [1.82, 2.24) is 9.55 Å². The van der Waals surface area contributed by atoms with E-state index in [1.807, 2.05) is 0 Å². The number of aromatic nitrogens is 2. The monoisotopic (exact) mass is 378 g/mol. The number of benzene rings is 3. The maximum Gasteiger partial charge on any atom is 0.145 e. The average molecular weight is 378 g/mol. The van der Waals surface area contributed by atoms with Crippen LogP contribution in [-0.4, -0.2) is 17.4 Å². The molecule has 3 aromatic carbocycles. The first kappa shape index (κ1) is 18.2. The Labute approximate surface area is 174 Å². The molecule has 0 saturated heterocycles. The minimum Gasteiger partial charge on any atom is -0.292 e. The number of rotatable bonds is 3. The topological polar surface area (TPSA) is 17.8 Å². The second kappa shape index (κ2) is 7.22. The van der Waals surface area contributed by atoms with Crippen molar-refractivity contribution >= 4 is 18.9 Å². The van der Waals surface area contributed by atoms with Gasteiger partial charge in [-0.2, -0.15) is 0 Å². The molecule has 1 aliphatic carbocycles. The Morgan fingerprint density at radius 2 is 1.52 bits per heavy atom. The predicted octanol–water partition coefficient (Wildman–Crippen LogP) is 6.16. The highest BCUT2D eigenvalue weighted by atomic mass is 15.1. The fraction of sp³-hybridized carbons (Fsp3) is 0.269. The second-order valence-corrected chi connectivity index (χ2v) is 9.16. The molecule has 5 rings (SSSR count). The lowest BCUT2D eigenvalue weighted by atomic mass is 9.59. The summed E-state index contributed by atoms with van der Waals surface area (Å²) < 4.78 is 2.27. The van der Waals surface area contributed by atoms with Crippen molar-refractivity contribution in [3.63, 3.8) is 0 Å². The van der Waals surface area contributed by atoms with E-state index in [2.05, 4.69) is 98.2 Å². The largest absolute Gasteiger partial charge is 0.292 e.